The number of nitriles is 3. The average Bonchev–Trinajstić information content (AvgIpc) is 4.42. The maximum Gasteiger partial charge on any atom is 0.114 e. The largest absolute Gasteiger partial charge is 0.468 e. The summed E-state index contributed by atoms with van der Waals surface area (Å²) in [5.74, 6) is 6.05. The number of nitrogens with zero attached hydrogens (tertiary/aromatic N) is 6. The lowest BCUT2D eigenvalue weighted by molar-refractivity contribution is 0.295. The molecule has 402 valence electrons. The Hall–Kier alpha value is -9.16. The van der Waals surface area contributed by atoms with Crippen molar-refractivity contribution in [3.8, 4) is 51.6 Å². The Morgan fingerprint density at radius 3 is 1.43 bits per heavy atom. The van der Waals surface area contributed by atoms with Gasteiger partial charge in [-0.2, -0.15) is 15.8 Å². The molecule has 1 N–H and O–H groups in total. The number of pyridine rings is 3. The second kappa shape index (κ2) is 25.3. The number of allylic oxidation sites excluding steroid dienone is 7. The molecule has 0 radical (unpaired) electrons. The van der Waals surface area contributed by atoms with Crippen LogP contribution in [0.25, 0.3) is 51.6 Å². The summed E-state index contributed by atoms with van der Waals surface area (Å²) in [6, 6.07) is 43.9. The van der Waals surface area contributed by atoms with Crippen LogP contribution in [0.5, 0.6) is 0 Å². The van der Waals surface area contributed by atoms with E-state index in [9.17, 15) is 15.8 Å². The van der Waals surface area contributed by atoms with Gasteiger partial charge in [-0.1, -0.05) is 150 Å². The third kappa shape index (κ3) is 12.4. The molecule has 5 aromatic heterocycles. The first-order chi connectivity index (χ1) is 39.5. The first-order valence-corrected chi connectivity index (χ1v) is 28.5. The van der Waals surface area contributed by atoms with Crippen LogP contribution in [-0.2, 0) is 12.8 Å². The molecule has 3 aromatic carbocycles. The van der Waals surface area contributed by atoms with Crippen molar-refractivity contribution in [2.45, 2.75) is 79.1 Å². The minimum absolute atomic E-state index is 0.277. The van der Waals surface area contributed by atoms with Crippen LogP contribution >= 0.6 is 0 Å². The van der Waals surface area contributed by atoms with E-state index >= 15 is 0 Å². The number of aromatic nitrogens is 4. The van der Waals surface area contributed by atoms with Gasteiger partial charge in [0.1, 0.15) is 5.76 Å². The van der Waals surface area contributed by atoms with Crippen LogP contribution in [0.2, 0.25) is 0 Å². The minimum Gasteiger partial charge on any atom is -0.468 e. The third-order valence-corrected chi connectivity index (χ3v) is 17.6. The molecule has 5 heterocycles. The summed E-state index contributed by atoms with van der Waals surface area (Å²) < 4.78 is 5.78. The van der Waals surface area contributed by atoms with Gasteiger partial charge in [-0.05, 0) is 144 Å². The number of furan rings is 1. The third-order valence-electron chi connectivity index (χ3n) is 17.6. The summed E-state index contributed by atoms with van der Waals surface area (Å²) in [5.41, 5.74) is 17.8. The van der Waals surface area contributed by atoms with Gasteiger partial charge in [0.15, 0.2) is 0 Å². The molecular formula is C73H69N7O. The van der Waals surface area contributed by atoms with Crippen LogP contribution in [0.1, 0.15) is 122 Å². The molecule has 8 heteroatoms. The predicted octanol–water partition coefficient (Wildman–Crippen LogP) is 17.6. The molecule has 12 rings (SSSR count). The molecule has 8 aromatic rings. The van der Waals surface area contributed by atoms with Crippen LogP contribution in [-0.4, -0.2) is 19.9 Å². The lowest BCUT2D eigenvalue weighted by atomic mass is 9.71. The molecule has 0 saturated carbocycles. The maximum absolute atomic E-state index is 9.29. The molecule has 0 fully saturated rings. The normalized spacial score (nSPS) is 22.6. The fourth-order valence-corrected chi connectivity index (χ4v) is 12.2. The molecule has 9 atom stereocenters. The lowest BCUT2D eigenvalue weighted by Crippen LogP contribution is -2.24. The Labute approximate surface area is 478 Å². The molecule has 0 saturated heterocycles. The van der Waals surface area contributed by atoms with Gasteiger partial charge in [-0.3, -0.25) is 15.0 Å². The van der Waals surface area contributed by atoms with Crippen molar-refractivity contribution in [2.24, 2.45) is 41.4 Å². The number of benzene rings is 3. The first-order valence-electron chi connectivity index (χ1n) is 28.5. The molecule has 4 aliphatic rings. The van der Waals surface area contributed by atoms with Crippen molar-refractivity contribution in [1.82, 2.24) is 19.9 Å². The summed E-state index contributed by atoms with van der Waals surface area (Å²) >= 11 is 0. The summed E-state index contributed by atoms with van der Waals surface area (Å²) in [7, 11) is 0. The monoisotopic (exact) mass is 1060 g/mol. The van der Waals surface area contributed by atoms with Crippen molar-refractivity contribution in [3.05, 3.63) is 250 Å². The Balaban J connectivity index is 0.000000136. The average molecular weight is 1060 g/mol. The van der Waals surface area contributed by atoms with E-state index in [2.05, 4.69) is 153 Å². The molecule has 4 aliphatic carbocycles. The molecule has 0 aliphatic heterocycles. The number of fused-ring (bicyclic) bond motifs is 2. The number of rotatable bonds is 9. The molecule has 0 bridgehead atoms. The fourth-order valence-electron chi connectivity index (χ4n) is 12.2. The van der Waals surface area contributed by atoms with E-state index in [1.807, 2.05) is 122 Å². The number of hydrogen-bond acceptors (Lipinski definition) is 7. The highest BCUT2D eigenvalue weighted by atomic mass is 16.3. The highest BCUT2D eigenvalue weighted by Crippen LogP contribution is 2.45. The molecule has 0 spiro atoms. The summed E-state index contributed by atoms with van der Waals surface area (Å²) in [4.78, 5) is 17.1. The zero-order valence-electron chi connectivity index (χ0n) is 47.2. The lowest BCUT2D eigenvalue weighted by Gasteiger charge is -2.34. The number of H-pyrrole nitrogens is 1. The van der Waals surface area contributed by atoms with Crippen molar-refractivity contribution < 1.29 is 4.42 Å². The van der Waals surface area contributed by atoms with Gasteiger partial charge < -0.3 is 9.40 Å². The second-order valence-corrected chi connectivity index (χ2v) is 22.6. The van der Waals surface area contributed by atoms with E-state index in [-0.39, 0.29) is 5.92 Å². The van der Waals surface area contributed by atoms with Gasteiger partial charge >= 0.3 is 0 Å². The van der Waals surface area contributed by atoms with Crippen LogP contribution < -0.4 is 0 Å². The van der Waals surface area contributed by atoms with Crippen molar-refractivity contribution >= 4 is 18.2 Å². The molecule has 0 amide bonds. The van der Waals surface area contributed by atoms with Crippen LogP contribution in [0.15, 0.2) is 198 Å². The second-order valence-electron chi connectivity index (χ2n) is 22.6. The Morgan fingerprint density at radius 1 is 0.494 bits per heavy atom. The SMILES string of the molecule is C[C@H]1[C@H](/C=C/c2ccc(-c3ccccc3C#N)cn2)C2=C(CC=C2)C[C@@H]1C.C[C@H]1[C@H](/C=C/c2ccc(-c3ccccc3C#N)cn2)c2c[nH]cc2C[C@@H]1C.C[C@H]1[C@H](/C=C/c2ccc(-c3ccccc3C#N)cn2)c2occc2C[C@@H]1C. The van der Waals surface area contributed by atoms with E-state index in [1.54, 1.807) is 11.8 Å². The Morgan fingerprint density at radius 2 is 0.938 bits per heavy atom. The van der Waals surface area contributed by atoms with Crippen molar-refractivity contribution in [3.63, 3.8) is 0 Å². The van der Waals surface area contributed by atoms with Gasteiger partial charge in [0.2, 0.25) is 0 Å². The minimum atomic E-state index is 0.277. The fraction of sp³-hybridized carbons (Fsp3) is 0.260. The van der Waals surface area contributed by atoms with Gasteiger partial charge in [0, 0.05) is 82.1 Å². The summed E-state index contributed by atoms with van der Waals surface area (Å²) in [6.45, 7) is 14.0. The standard InChI is InChI=1S/C25H24N2.C24H23N3.C24H22N2O/c1-17-14-19-7-5-9-25(19)23(18(17)2)13-12-22-11-10-21(16-27-22)24-8-4-3-6-20(24)15-26;1-16-11-20-13-26-15-24(20)22(17(16)2)10-9-21-8-7-19(14-27-21)23-6-4-3-5-18(23)12-25;1-16-13-18-11-12-27-24(18)22(17(16)2)10-9-21-8-7-20(15-26-21)23-6-4-3-5-19(23)14-25/h3-6,8-13,16-18,23H,7,14H2,1-2H3;3-10,13-17,22,26H,11H2,1-2H3;3-12,15-17,22H,13H2,1-2H3/b13-12+;2*10-9+/t17-,18+,23-;2*16-,17+,22-/m000/s1. The molecule has 0 unspecified atom stereocenters. The van der Waals surface area contributed by atoms with Crippen molar-refractivity contribution in [1.29, 1.82) is 15.8 Å². The molecular weight excluding hydrogens is 991 g/mol. The first kappa shape index (κ1) is 55.2. The summed E-state index contributed by atoms with van der Waals surface area (Å²) in [6.07, 6.45) is 34.0. The number of hydrogen-bond donors (Lipinski definition) is 1. The van der Waals surface area contributed by atoms with Gasteiger partial charge in [-0.15, -0.1) is 0 Å². The topological polar surface area (TPSA) is 139 Å². The highest BCUT2D eigenvalue weighted by molar-refractivity contribution is 5.72. The van der Waals surface area contributed by atoms with E-state index < -0.39 is 0 Å². The van der Waals surface area contributed by atoms with E-state index in [0.717, 1.165) is 81.4 Å². The van der Waals surface area contributed by atoms with Gasteiger partial charge in [0.05, 0.1) is 58.2 Å². The van der Waals surface area contributed by atoms with Crippen LogP contribution in [0, 0.1) is 75.4 Å². The predicted molar refractivity (Wildman–Crippen MR) is 327 cm³/mol. The van der Waals surface area contributed by atoms with E-state index in [4.69, 9.17) is 4.42 Å². The molecule has 8 nitrogen and oxygen atoms in total. The number of nitrogens with one attached hydrogen (secondary N) is 1. The van der Waals surface area contributed by atoms with Crippen molar-refractivity contribution in [2.75, 3.05) is 0 Å². The van der Waals surface area contributed by atoms with Crippen LogP contribution in [0.3, 0.4) is 0 Å². The zero-order valence-corrected chi connectivity index (χ0v) is 47.2. The Bertz CT molecular complexity index is 3610. The zero-order chi connectivity index (χ0) is 56.4. The van der Waals surface area contributed by atoms with Crippen LogP contribution in [0.4, 0.5) is 0 Å². The van der Waals surface area contributed by atoms with Gasteiger partial charge in [-0.25, -0.2) is 0 Å². The molecule has 81 heavy (non-hydrogen) atoms. The quantitative estimate of drug-likeness (QED) is 0.152. The van der Waals surface area contributed by atoms with Gasteiger partial charge in [0.25, 0.3) is 0 Å². The summed E-state index contributed by atoms with van der Waals surface area (Å²) in [5, 5.41) is 27.9. The Kier molecular flexibility index (Phi) is 17.2. The highest BCUT2D eigenvalue weighted by Gasteiger charge is 2.34. The van der Waals surface area contributed by atoms with E-state index in [1.165, 1.54) is 28.7 Å². The smallest absolute Gasteiger partial charge is 0.114 e. The number of aromatic amines is 1. The van der Waals surface area contributed by atoms with E-state index in [0.29, 0.717) is 58.1 Å². The maximum atomic E-state index is 9.29.